The summed E-state index contributed by atoms with van der Waals surface area (Å²) in [5, 5.41) is 0. The molecule has 1 saturated carbocycles. The molecular weight excluding hydrogens is 202 g/mol. The van der Waals surface area contributed by atoms with E-state index in [1.54, 1.807) is 11.9 Å². The molecule has 2 N–H and O–H groups in total. The molecule has 4 nitrogen and oxygen atoms in total. The van der Waals surface area contributed by atoms with Gasteiger partial charge in [0, 0.05) is 19.5 Å². The fraction of sp³-hybridized carbons (Fsp3) is 0.833. The molecule has 1 rings (SSSR count). The largest absolute Gasteiger partial charge is 0.387 e. The van der Waals surface area contributed by atoms with Crippen LogP contribution >= 0.6 is 0 Å². The van der Waals surface area contributed by atoms with Crippen molar-refractivity contribution >= 4 is 11.7 Å². The summed E-state index contributed by atoms with van der Waals surface area (Å²) < 4.78 is 0. The summed E-state index contributed by atoms with van der Waals surface area (Å²) >= 11 is 0. The van der Waals surface area contributed by atoms with E-state index in [2.05, 4.69) is 4.99 Å². The van der Waals surface area contributed by atoms with E-state index < -0.39 is 0 Å². The Hall–Kier alpha value is -1.06. The molecule has 0 bridgehead atoms. The fourth-order valence-electron chi connectivity index (χ4n) is 1.98. The summed E-state index contributed by atoms with van der Waals surface area (Å²) in [7, 11) is 1.79. The zero-order valence-electron chi connectivity index (χ0n) is 10.4. The third-order valence-electron chi connectivity index (χ3n) is 3.32. The van der Waals surface area contributed by atoms with E-state index in [1.807, 2.05) is 6.92 Å². The molecule has 0 radical (unpaired) electrons. The Bertz CT molecular complexity index is 257. The van der Waals surface area contributed by atoms with Crippen molar-refractivity contribution in [3.63, 3.8) is 0 Å². The van der Waals surface area contributed by atoms with Gasteiger partial charge in [0.25, 0.3) is 0 Å². The maximum Gasteiger partial charge on any atom is 0.244 e. The quantitative estimate of drug-likeness (QED) is 0.581. The van der Waals surface area contributed by atoms with E-state index in [0.717, 1.165) is 19.4 Å². The smallest absolute Gasteiger partial charge is 0.244 e. The fourth-order valence-corrected chi connectivity index (χ4v) is 1.98. The molecule has 0 unspecified atom stereocenters. The van der Waals surface area contributed by atoms with Gasteiger partial charge in [0.15, 0.2) is 0 Å². The zero-order valence-corrected chi connectivity index (χ0v) is 10.4. The Labute approximate surface area is 97.9 Å². The van der Waals surface area contributed by atoms with Crippen LogP contribution in [0.15, 0.2) is 4.99 Å². The molecule has 0 aromatic rings. The number of rotatable bonds is 4. The summed E-state index contributed by atoms with van der Waals surface area (Å²) in [6.07, 6.45) is 6.05. The number of carbonyl (C=O) groups excluding carboxylic acids is 1. The molecule has 0 aromatic heterocycles. The standard InChI is InChI=1S/C12H23N3O/c1-3-15(2)11(16)9-14-12(13)10-7-5-4-6-8-10/h10H,3-9H2,1-2H3,(H2,13,14). The van der Waals surface area contributed by atoms with Crippen molar-refractivity contribution in [1.82, 2.24) is 4.90 Å². The molecule has 1 fully saturated rings. The second kappa shape index (κ2) is 6.51. The minimum atomic E-state index is 0.0428. The Morgan fingerprint density at radius 2 is 2.00 bits per heavy atom. The van der Waals surface area contributed by atoms with Crippen LogP contribution < -0.4 is 5.73 Å². The van der Waals surface area contributed by atoms with Crippen molar-refractivity contribution in [2.45, 2.75) is 39.0 Å². The topological polar surface area (TPSA) is 58.7 Å². The van der Waals surface area contributed by atoms with Gasteiger partial charge in [-0.25, -0.2) is 0 Å². The molecule has 0 spiro atoms. The predicted molar refractivity (Wildman–Crippen MR) is 66.4 cm³/mol. The van der Waals surface area contributed by atoms with E-state index in [1.165, 1.54) is 19.3 Å². The molecule has 92 valence electrons. The molecule has 4 heteroatoms. The van der Waals surface area contributed by atoms with Gasteiger partial charge in [0.1, 0.15) is 6.54 Å². The molecular formula is C12H23N3O. The maximum atomic E-state index is 11.5. The van der Waals surface area contributed by atoms with E-state index in [0.29, 0.717) is 11.8 Å². The average Bonchev–Trinajstić information content (AvgIpc) is 2.35. The lowest BCUT2D eigenvalue weighted by Crippen LogP contribution is -2.31. The van der Waals surface area contributed by atoms with Gasteiger partial charge in [-0.2, -0.15) is 0 Å². The maximum absolute atomic E-state index is 11.5. The first kappa shape index (κ1) is 13.0. The highest BCUT2D eigenvalue weighted by Gasteiger charge is 2.17. The number of amidine groups is 1. The summed E-state index contributed by atoms with van der Waals surface area (Å²) in [5.41, 5.74) is 5.92. The van der Waals surface area contributed by atoms with Gasteiger partial charge < -0.3 is 10.6 Å². The number of likely N-dealkylation sites (N-methyl/N-ethyl adjacent to an activating group) is 1. The number of aliphatic imine (C=N–C) groups is 1. The monoisotopic (exact) mass is 225 g/mol. The van der Waals surface area contributed by atoms with Gasteiger partial charge in [0.05, 0.1) is 5.84 Å². The van der Waals surface area contributed by atoms with Crippen LogP contribution in [0.2, 0.25) is 0 Å². The lowest BCUT2D eigenvalue weighted by atomic mass is 9.88. The highest BCUT2D eigenvalue weighted by atomic mass is 16.2. The first-order valence-electron chi connectivity index (χ1n) is 6.19. The zero-order chi connectivity index (χ0) is 12.0. The van der Waals surface area contributed by atoms with Crippen LogP contribution in [-0.4, -0.2) is 36.8 Å². The van der Waals surface area contributed by atoms with Crippen molar-refractivity contribution in [3.05, 3.63) is 0 Å². The highest BCUT2D eigenvalue weighted by molar-refractivity contribution is 5.86. The Kier molecular flexibility index (Phi) is 5.29. The summed E-state index contributed by atoms with van der Waals surface area (Å²) in [6, 6.07) is 0. The molecule has 0 aromatic carbocycles. The molecule has 1 aliphatic carbocycles. The third-order valence-corrected chi connectivity index (χ3v) is 3.32. The van der Waals surface area contributed by atoms with Crippen molar-refractivity contribution < 1.29 is 4.79 Å². The van der Waals surface area contributed by atoms with Crippen LogP contribution in [0.5, 0.6) is 0 Å². The van der Waals surface area contributed by atoms with Gasteiger partial charge in [-0.15, -0.1) is 0 Å². The summed E-state index contributed by atoms with van der Waals surface area (Å²) in [6.45, 7) is 2.87. The molecule has 0 heterocycles. The highest BCUT2D eigenvalue weighted by Crippen LogP contribution is 2.23. The van der Waals surface area contributed by atoms with Crippen LogP contribution in [0.3, 0.4) is 0 Å². The minimum absolute atomic E-state index is 0.0428. The minimum Gasteiger partial charge on any atom is -0.387 e. The summed E-state index contributed by atoms with van der Waals surface area (Å²) in [4.78, 5) is 17.4. The molecule has 0 atom stereocenters. The molecule has 0 saturated heterocycles. The molecule has 0 aliphatic heterocycles. The first-order chi connectivity index (χ1) is 7.65. The number of hydrogen-bond acceptors (Lipinski definition) is 2. The number of nitrogens with zero attached hydrogens (tertiary/aromatic N) is 2. The van der Waals surface area contributed by atoms with Gasteiger partial charge in [-0.05, 0) is 19.8 Å². The molecule has 1 amide bonds. The molecule has 16 heavy (non-hydrogen) atoms. The lowest BCUT2D eigenvalue weighted by molar-refractivity contribution is -0.128. The van der Waals surface area contributed by atoms with E-state index in [-0.39, 0.29) is 12.5 Å². The normalized spacial score (nSPS) is 18.5. The van der Waals surface area contributed by atoms with Crippen LogP contribution in [0.25, 0.3) is 0 Å². The number of hydrogen-bond donors (Lipinski definition) is 1. The van der Waals surface area contributed by atoms with E-state index in [4.69, 9.17) is 5.73 Å². The van der Waals surface area contributed by atoms with Gasteiger partial charge in [-0.3, -0.25) is 9.79 Å². The third kappa shape index (κ3) is 3.83. The van der Waals surface area contributed by atoms with Crippen LogP contribution in [-0.2, 0) is 4.79 Å². The SMILES string of the molecule is CCN(C)C(=O)CN=C(N)C1CCCCC1. The van der Waals surface area contributed by atoms with Crippen LogP contribution in [0.4, 0.5) is 0 Å². The Balaban J connectivity index is 2.40. The number of carbonyl (C=O) groups is 1. The lowest BCUT2D eigenvalue weighted by Gasteiger charge is -2.21. The second-order valence-corrected chi connectivity index (χ2v) is 4.48. The van der Waals surface area contributed by atoms with E-state index >= 15 is 0 Å². The van der Waals surface area contributed by atoms with Gasteiger partial charge in [-0.1, -0.05) is 19.3 Å². The van der Waals surface area contributed by atoms with Crippen molar-refractivity contribution in [2.75, 3.05) is 20.1 Å². The van der Waals surface area contributed by atoms with Crippen LogP contribution in [0.1, 0.15) is 39.0 Å². The van der Waals surface area contributed by atoms with Crippen LogP contribution in [0, 0.1) is 5.92 Å². The van der Waals surface area contributed by atoms with E-state index in [9.17, 15) is 4.79 Å². The van der Waals surface area contributed by atoms with Crippen molar-refractivity contribution in [2.24, 2.45) is 16.6 Å². The first-order valence-corrected chi connectivity index (χ1v) is 6.19. The predicted octanol–water partition coefficient (Wildman–Crippen LogP) is 1.40. The second-order valence-electron chi connectivity index (χ2n) is 4.48. The number of amides is 1. The Morgan fingerprint density at radius 1 is 1.38 bits per heavy atom. The van der Waals surface area contributed by atoms with Gasteiger partial charge >= 0.3 is 0 Å². The van der Waals surface area contributed by atoms with Crippen molar-refractivity contribution in [1.29, 1.82) is 0 Å². The number of nitrogens with two attached hydrogens (primary N) is 1. The van der Waals surface area contributed by atoms with Gasteiger partial charge in [0.2, 0.25) is 5.91 Å². The molecule has 1 aliphatic rings. The average molecular weight is 225 g/mol. The Morgan fingerprint density at radius 3 is 2.56 bits per heavy atom. The van der Waals surface area contributed by atoms with Crippen molar-refractivity contribution in [3.8, 4) is 0 Å². The summed E-state index contributed by atoms with van der Waals surface area (Å²) in [5.74, 6) is 1.13.